The van der Waals surface area contributed by atoms with Gasteiger partial charge in [0.15, 0.2) is 0 Å². The molecular formula is C16H27N3O3. The fraction of sp³-hybridized carbons (Fsp3) is 0.750. The fourth-order valence-electron chi connectivity index (χ4n) is 3.34. The largest absolute Gasteiger partial charge is 0.392 e. The lowest BCUT2D eigenvalue weighted by Crippen LogP contribution is -2.44. The van der Waals surface area contributed by atoms with E-state index in [9.17, 15) is 14.7 Å². The van der Waals surface area contributed by atoms with Crippen LogP contribution in [-0.4, -0.2) is 37.8 Å². The number of nitrogens with zero attached hydrogens (tertiary/aromatic N) is 3. The number of aliphatic hydroxyl groups is 1. The second kappa shape index (κ2) is 7.24. The third-order valence-electron chi connectivity index (χ3n) is 4.48. The maximum atomic E-state index is 12.3. The molecule has 2 rings (SSSR count). The van der Waals surface area contributed by atoms with Gasteiger partial charge in [0.25, 0.3) is 5.56 Å². The number of rotatable bonds is 5. The molecule has 0 saturated heterocycles. The quantitative estimate of drug-likeness (QED) is 0.865. The van der Waals surface area contributed by atoms with Crippen LogP contribution in [0, 0.1) is 0 Å². The normalized spacial score (nSPS) is 17.9. The number of aliphatic hydroxyl groups excluding tert-OH is 1. The van der Waals surface area contributed by atoms with Gasteiger partial charge in [-0.15, -0.1) is 0 Å². The molecule has 6 nitrogen and oxygen atoms in total. The summed E-state index contributed by atoms with van der Waals surface area (Å²) in [6.45, 7) is 2.81. The van der Waals surface area contributed by atoms with Crippen LogP contribution in [0.5, 0.6) is 0 Å². The molecule has 1 N–H and O–H groups in total. The Balaban J connectivity index is 2.26. The third-order valence-corrected chi connectivity index (χ3v) is 4.48. The lowest BCUT2D eigenvalue weighted by atomic mass is 9.93. The van der Waals surface area contributed by atoms with Crippen molar-refractivity contribution in [2.24, 2.45) is 14.1 Å². The van der Waals surface area contributed by atoms with Crippen LogP contribution in [0.4, 0.5) is 0 Å². The number of hydrogen-bond donors (Lipinski definition) is 1. The molecule has 22 heavy (non-hydrogen) atoms. The van der Waals surface area contributed by atoms with E-state index in [1.807, 2.05) is 0 Å². The molecule has 1 aliphatic rings. The van der Waals surface area contributed by atoms with Crippen LogP contribution in [0.25, 0.3) is 0 Å². The van der Waals surface area contributed by atoms with Gasteiger partial charge in [0.05, 0.1) is 6.10 Å². The molecule has 0 aliphatic heterocycles. The van der Waals surface area contributed by atoms with Crippen LogP contribution >= 0.6 is 0 Å². The van der Waals surface area contributed by atoms with Gasteiger partial charge >= 0.3 is 5.69 Å². The van der Waals surface area contributed by atoms with Crippen molar-refractivity contribution in [3.05, 3.63) is 32.6 Å². The summed E-state index contributed by atoms with van der Waals surface area (Å²) in [7, 11) is 3.17. The monoisotopic (exact) mass is 309 g/mol. The molecule has 1 saturated carbocycles. The number of hydrogen-bond acceptors (Lipinski definition) is 4. The first kappa shape index (κ1) is 17.0. The Morgan fingerprint density at radius 1 is 1.27 bits per heavy atom. The van der Waals surface area contributed by atoms with Gasteiger partial charge in [0.1, 0.15) is 0 Å². The topological polar surface area (TPSA) is 67.5 Å². The first-order valence-corrected chi connectivity index (χ1v) is 8.07. The van der Waals surface area contributed by atoms with Crippen molar-refractivity contribution in [1.82, 2.24) is 14.0 Å². The molecule has 0 spiro atoms. The zero-order valence-electron chi connectivity index (χ0n) is 13.8. The molecule has 1 heterocycles. The molecule has 1 aromatic rings. The Morgan fingerprint density at radius 3 is 2.50 bits per heavy atom. The lowest BCUT2D eigenvalue weighted by Gasteiger charge is -2.35. The zero-order valence-corrected chi connectivity index (χ0v) is 13.8. The maximum absolute atomic E-state index is 12.3. The first-order chi connectivity index (χ1) is 10.4. The highest BCUT2D eigenvalue weighted by atomic mass is 16.3. The smallest absolute Gasteiger partial charge is 0.330 e. The van der Waals surface area contributed by atoms with Gasteiger partial charge in [0, 0.05) is 45.0 Å². The predicted octanol–water partition coefficient (Wildman–Crippen LogP) is 0.599. The molecule has 0 bridgehead atoms. The standard InChI is InChI=1S/C16H27N3O3/c1-12(20)9-19(14-7-5-4-6-8-14)11-13-10-17(2)16(22)18(3)15(13)21/h10,12,14,20H,4-9,11H2,1-3H3. The van der Waals surface area contributed by atoms with Crippen LogP contribution in [-0.2, 0) is 20.6 Å². The minimum Gasteiger partial charge on any atom is -0.392 e. The summed E-state index contributed by atoms with van der Waals surface area (Å²) < 4.78 is 2.59. The molecule has 1 fully saturated rings. The van der Waals surface area contributed by atoms with E-state index < -0.39 is 6.10 Å². The fourth-order valence-corrected chi connectivity index (χ4v) is 3.34. The van der Waals surface area contributed by atoms with Gasteiger partial charge in [-0.25, -0.2) is 4.79 Å². The van der Waals surface area contributed by atoms with E-state index in [2.05, 4.69) is 4.90 Å². The molecule has 0 amide bonds. The Kier molecular flexibility index (Phi) is 5.58. The molecule has 124 valence electrons. The van der Waals surface area contributed by atoms with Crippen molar-refractivity contribution in [3.63, 3.8) is 0 Å². The Bertz CT molecular complexity index is 612. The van der Waals surface area contributed by atoms with E-state index in [0.717, 1.165) is 17.4 Å². The van der Waals surface area contributed by atoms with Crippen molar-refractivity contribution in [1.29, 1.82) is 0 Å². The van der Waals surface area contributed by atoms with Gasteiger partial charge in [-0.1, -0.05) is 19.3 Å². The second-order valence-corrected chi connectivity index (χ2v) is 6.48. The molecule has 1 unspecified atom stereocenters. The minimum atomic E-state index is -0.432. The summed E-state index contributed by atoms with van der Waals surface area (Å²) in [6.07, 6.45) is 7.08. The highest BCUT2D eigenvalue weighted by Crippen LogP contribution is 2.23. The second-order valence-electron chi connectivity index (χ2n) is 6.48. The molecule has 1 atom stereocenters. The number of aryl methyl sites for hydroxylation is 1. The van der Waals surface area contributed by atoms with Crippen molar-refractivity contribution >= 4 is 0 Å². The molecule has 0 aromatic carbocycles. The van der Waals surface area contributed by atoms with Crippen molar-refractivity contribution in [2.75, 3.05) is 6.54 Å². The van der Waals surface area contributed by atoms with Gasteiger partial charge in [-0.2, -0.15) is 0 Å². The molecule has 6 heteroatoms. The van der Waals surface area contributed by atoms with E-state index in [0.29, 0.717) is 24.7 Å². The van der Waals surface area contributed by atoms with Crippen LogP contribution < -0.4 is 11.2 Å². The van der Waals surface area contributed by atoms with Crippen molar-refractivity contribution in [3.8, 4) is 0 Å². The Labute approximate surface area is 131 Å². The Morgan fingerprint density at radius 2 is 1.91 bits per heavy atom. The van der Waals surface area contributed by atoms with Crippen LogP contribution in [0.3, 0.4) is 0 Å². The van der Waals surface area contributed by atoms with Crippen LogP contribution in [0.1, 0.15) is 44.6 Å². The molecular weight excluding hydrogens is 282 g/mol. The Hall–Kier alpha value is -1.40. The van der Waals surface area contributed by atoms with Crippen molar-refractivity contribution < 1.29 is 5.11 Å². The summed E-state index contributed by atoms with van der Waals surface area (Å²) in [5.74, 6) is 0. The SMILES string of the molecule is CC(O)CN(Cc1cn(C)c(=O)n(C)c1=O)C1CCCCC1. The summed E-state index contributed by atoms with van der Waals surface area (Å²) in [5, 5.41) is 9.77. The van der Waals surface area contributed by atoms with E-state index >= 15 is 0 Å². The van der Waals surface area contributed by atoms with Gasteiger partial charge in [-0.05, 0) is 19.8 Å². The van der Waals surface area contributed by atoms with Gasteiger partial charge in [0.2, 0.25) is 0 Å². The lowest BCUT2D eigenvalue weighted by molar-refractivity contribution is 0.0763. The van der Waals surface area contributed by atoms with E-state index in [1.165, 1.54) is 30.9 Å². The van der Waals surface area contributed by atoms with E-state index in [4.69, 9.17) is 0 Å². The maximum Gasteiger partial charge on any atom is 0.330 e. The predicted molar refractivity (Wildman–Crippen MR) is 85.9 cm³/mol. The van der Waals surface area contributed by atoms with Crippen LogP contribution in [0.2, 0.25) is 0 Å². The third kappa shape index (κ3) is 3.87. The van der Waals surface area contributed by atoms with Crippen molar-refractivity contribution in [2.45, 2.75) is 57.7 Å². The summed E-state index contributed by atoms with van der Waals surface area (Å²) in [6, 6.07) is 0.408. The highest BCUT2D eigenvalue weighted by molar-refractivity contribution is 5.06. The molecule has 1 aromatic heterocycles. The number of aromatic nitrogens is 2. The highest BCUT2D eigenvalue weighted by Gasteiger charge is 2.23. The minimum absolute atomic E-state index is 0.241. The van der Waals surface area contributed by atoms with Gasteiger partial charge in [-0.3, -0.25) is 14.3 Å². The average molecular weight is 309 g/mol. The average Bonchev–Trinajstić information content (AvgIpc) is 2.50. The summed E-state index contributed by atoms with van der Waals surface area (Å²) in [5.41, 5.74) is 0.0545. The first-order valence-electron chi connectivity index (χ1n) is 8.07. The summed E-state index contributed by atoms with van der Waals surface area (Å²) in [4.78, 5) is 26.3. The van der Waals surface area contributed by atoms with Gasteiger partial charge < -0.3 is 9.67 Å². The summed E-state index contributed by atoms with van der Waals surface area (Å²) >= 11 is 0. The van der Waals surface area contributed by atoms with E-state index in [1.54, 1.807) is 20.2 Å². The molecule has 1 aliphatic carbocycles. The molecule has 0 radical (unpaired) electrons. The zero-order chi connectivity index (χ0) is 16.3. The van der Waals surface area contributed by atoms with E-state index in [-0.39, 0.29) is 11.2 Å². The van der Waals surface area contributed by atoms with Crippen LogP contribution in [0.15, 0.2) is 15.8 Å².